The Morgan fingerprint density at radius 2 is 2.00 bits per heavy atom. The lowest BCUT2D eigenvalue weighted by atomic mass is 10.1. The fourth-order valence-corrected chi connectivity index (χ4v) is 2.73. The molecular weight excluding hydrogens is 347 g/mol. The summed E-state index contributed by atoms with van der Waals surface area (Å²) >= 11 is 5.91. The van der Waals surface area contributed by atoms with Crippen LogP contribution in [0.25, 0.3) is 0 Å². The average Bonchev–Trinajstić information content (AvgIpc) is 2.85. The minimum absolute atomic E-state index is 0. The van der Waals surface area contributed by atoms with Crippen molar-refractivity contribution >= 4 is 35.6 Å². The van der Waals surface area contributed by atoms with Crippen LogP contribution in [0.4, 0.5) is 5.69 Å². The molecule has 0 aromatic heterocycles. The molecule has 1 atom stereocenters. The number of hydrogen-bond acceptors (Lipinski definition) is 3. The molecule has 0 bridgehead atoms. The number of nitrogens with one attached hydrogen (secondary N) is 2. The van der Waals surface area contributed by atoms with Crippen LogP contribution in [0.1, 0.15) is 28.4 Å². The number of carbonyl (C=O) groups excluding carboxylic acids is 1. The minimum Gasteiger partial charge on any atom is -0.372 e. The van der Waals surface area contributed by atoms with Crippen molar-refractivity contribution in [1.82, 2.24) is 5.32 Å². The summed E-state index contributed by atoms with van der Waals surface area (Å²) in [5, 5.41) is 6.78. The Hall–Kier alpha value is -1.59. The summed E-state index contributed by atoms with van der Waals surface area (Å²) in [5.74, 6) is -0.173. The molecule has 1 fully saturated rings. The van der Waals surface area contributed by atoms with Crippen LogP contribution in [0.5, 0.6) is 0 Å². The predicted octanol–water partition coefficient (Wildman–Crippen LogP) is 4.07. The summed E-state index contributed by atoms with van der Waals surface area (Å²) in [7, 11) is 0. The first kappa shape index (κ1) is 18.7. The summed E-state index contributed by atoms with van der Waals surface area (Å²) in [6, 6.07) is 14.7. The SMILES string of the molecule is Cl.O=C(Nc1ccc([C@H]2CNCCCO2)cc1)c1cccc(Cl)c1. The summed E-state index contributed by atoms with van der Waals surface area (Å²) in [5.41, 5.74) is 2.40. The Morgan fingerprint density at radius 3 is 2.75 bits per heavy atom. The highest BCUT2D eigenvalue weighted by molar-refractivity contribution is 6.31. The molecule has 0 radical (unpaired) electrons. The Morgan fingerprint density at radius 1 is 1.21 bits per heavy atom. The normalized spacial score (nSPS) is 17.5. The molecule has 1 aliphatic heterocycles. The Kier molecular flexibility index (Phi) is 7.06. The van der Waals surface area contributed by atoms with Gasteiger partial charge in [0.1, 0.15) is 0 Å². The zero-order valence-electron chi connectivity index (χ0n) is 13.1. The molecule has 1 aliphatic rings. The molecule has 0 aliphatic carbocycles. The third kappa shape index (κ3) is 4.95. The van der Waals surface area contributed by atoms with Crippen molar-refractivity contribution in [3.05, 3.63) is 64.7 Å². The van der Waals surface area contributed by atoms with E-state index in [-0.39, 0.29) is 24.4 Å². The van der Waals surface area contributed by atoms with Crippen LogP contribution >= 0.6 is 24.0 Å². The number of amides is 1. The van der Waals surface area contributed by atoms with E-state index >= 15 is 0 Å². The predicted molar refractivity (Wildman–Crippen MR) is 99.3 cm³/mol. The number of anilines is 1. The van der Waals surface area contributed by atoms with Crippen molar-refractivity contribution in [2.24, 2.45) is 0 Å². The average molecular weight is 367 g/mol. The first-order valence-corrected chi connectivity index (χ1v) is 8.09. The van der Waals surface area contributed by atoms with Crippen molar-refractivity contribution < 1.29 is 9.53 Å². The zero-order chi connectivity index (χ0) is 16.1. The maximum absolute atomic E-state index is 12.2. The minimum atomic E-state index is -0.173. The van der Waals surface area contributed by atoms with Crippen LogP contribution < -0.4 is 10.6 Å². The van der Waals surface area contributed by atoms with E-state index in [1.807, 2.05) is 24.3 Å². The first-order chi connectivity index (χ1) is 11.2. The largest absolute Gasteiger partial charge is 0.372 e. The van der Waals surface area contributed by atoms with Gasteiger partial charge in [-0.15, -0.1) is 12.4 Å². The van der Waals surface area contributed by atoms with Crippen LogP contribution in [-0.2, 0) is 4.74 Å². The molecule has 3 rings (SSSR count). The van der Waals surface area contributed by atoms with Gasteiger partial charge >= 0.3 is 0 Å². The summed E-state index contributed by atoms with van der Waals surface area (Å²) in [4.78, 5) is 12.2. The van der Waals surface area contributed by atoms with Gasteiger partial charge in [-0.05, 0) is 48.9 Å². The lowest BCUT2D eigenvalue weighted by Crippen LogP contribution is -2.20. The molecule has 1 heterocycles. The van der Waals surface area contributed by atoms with Gasteiger partial charge in [0.2, 0.25) is 0 Å². The summed E-state index contributed by atoms with van der Waals surface area (Å²) in [6.07, 6.45) is 1.10. The molecule has 4 nitrogen and oxygen atoms in total. The van der Waals surface area contributed by atoms with E-state index in [4.69, 9.17) is 16.3 Å². The van der Waals surface area contributed by atoms with Crippen LogP contribution in [0.2, 0.25) is 5.02 Å². The highest BCUT2D eigenvalue weighted by Crippen LogP contribution is 2.21. The molecule has 2 N–H and O–H groups in total. The smallest absolute Gasteiger partial charge is 0.255 e. The molecule has 0 unspecified atom stereocenters. The van der Waals surface area contributed by atoms with E-state index in [9.17, 15) is 4.79 Å². The third-order valence-corrected chi connectivity index (χ3v) is 4.01. The third-order valence-electron chi connectivity index (χ3n) is 3.77. The van der Waals surface area contributed by atoms with Gasteiger partial charge in [-0.3, -0.25) is 4.79 Å². The van der Waals surface area contributed by atoms with Crippen molar-refractivity contribution in [1.29, 1.82) is 0 Å². The Labute approximate surface area is 153 Å². The summed E-state index contributed by atoms with van der Waals surface area (Å²) < 4.78 is 5.83. The fourth-order valence-electron chi connectivity index (χ4n) is 2.54. The van der Waals surface area contributed by atoms with Gasteiger partial charge in [-0.2, -0.15) is 0 Å². The van der Waals surface area contributed by atoms with E-state index in [1.165, 1.54) is 0 Å². The Balaban J connectivity index is 0.00000208. The van der Waals surface area contributed by atoms with E-state index in [1.54, 1.807) is 24.3 Å². The second-order valence-corrected chi connectivity index (χ2v) is 5.94. The first-order valence-electron chi connectivity index (χ1n) is 7.71. The molecule has 0 saturated carbocycles. The van der Waals surface area contributed by atoms with E-state index in [2.05, 4.69) is 10.6 Å². The Bertz CT molecular complexity index is 669. The van der Waals surface area contributed by atoms with Crippen LogP contribution in [-0.4, -0.2) is 25.6 Å². The number of halogens is 2. The quantitative estimate of drug-likeness (QED) is 0.860. The number of ether oxygens (including phenoxy) is 1. The molecular formula is C18H20Cl2N2O2. The molecule has 1 amide bonds. The second kappa shape index (κ2) is 9.04. The van der Waals surface area contributed by atoms with Gasteiger partial charge in [0, 0.05) is 29.4 Å². The molecule has 6 heteroatoms. The van der Waals surface area contributed by atoms with Crippen LogP contribution in [0.3, 0.4) is 0 Å². The maximum Gasteiger partial charge on any atom is 0.255 e. The van der Waals surface area contributed by atoms with Gasteiger partial charge in [0.05, 0.1) is 6.10 Å². The van der Waals surface area contributed by atoms with Gasteiger partial charge in [-0.1, -0.05) is 29.8 Å². The molecule has 1 saturated heterocycles. The van der Waals surface area contributed by atoms with Crippen molar-refractivity contribution in [3.8, 4) is 0 Å². The number of rotatable bonds is 3. The molecule has 128 valence electrons. The molecule has 2 aromatic carbocycles. The van der Waals surface area contributed by atoms with Gasteiger partial charge in [0.25, 0.3) is 5.91 Å². The second-order valence-electron chi connectivity index (χ2n) is 5.50. The number of hydrogen-bond donors (Lipinski definition) is 2. The molecule has 24 heavy (non-hydrogen) atoms. The topological polar surface area (TPSA) is 50.4 Å². The standard InChI is InChI=1S/C18H19ClN2O2.ClH/c19-15-4-1-3-14(11-15)18(22)21-16-7-5-13(6-8-16)17-12-20-9-2-10-23-17;/h1,3-8,11,17,20H,2,9-10,12H2,(H,21,22);1H/t17-;/m1./s1. The van der Waals surface area contributed by atoms with Crippen molar-refractivity contribution in [2.75, 3.05) is 25.0 Å². The number of carbonyl (C=O) groups is 1. The van der Waals surface area contributed by atoms with Crippen LogP contribution in [0.15, 0.2) is 48.5 Å². The van der Waals surface area contributed by atoms with Gasteiger partial charge in [0.15, 0.2) is 0 Å². The van der Waals surface area contributed by atoms with Crippen LogP contribution in [0, 0.1) is 0 Å². The maximum atomic E-state index is 12.2. The molecule has 0 spiro atoms. The molecule has 2 aromatic rings. The number of benzene rings is 2. The lowest BCUT2D eigenvalue weighted by molar-refractivity contribution is 0.0669. The zero-order valence-corrected chi connectivity index (χ0v) is 14.7. The highest BCUT2D eigenvalue weighted by Gasteiger charge is 2.14. The van der Waals surface area contributed by atoms with E-state index in [0.717, 1.165) is 37.4 Å². The monoisotopic (exact) mass is 366 g/mol. The highest BCUT2D eigenvalue weighted by atomic mass is 35.5. The summed E-state index contributed by atoms with van der Waals surface area (Å²) in [6.45, 7) is 2.57. The fraction of sp³-hybridized carbons (Fsp3) is 0.278. The van der Waals surface area contributed by atoms with E-state index < -0.39 is 0 Å². The van der Waals surface area contributed by atoms with Gasteiger partial charge in [-0.25, -0.2) is 0 Å². The van der Waals surface area contributed by atoms with Gasteiger partial charge < -0.3 is 15.4 Å². The van der Waals surface area contributed by atoms with E-state index in [0.29, 0.717) is 10.6 Å². The lowest BCUT2D eigenvalue weighted by Gasteiger charge is -2.16. The van der Waals surface area contributed by atoms with Crippen molar-refractivity contribution in [3.63, 3.8) is 0 Å². The van der Waals surface area contributed by atoms with Crippen molar-refractivity contribution in [2.45, 2.75) is 12.5 Å².